The molecule has 9 heteroatoms. The lowest BCUT2D eigenvalue weighted by atomic mass is 10.1. The van der Waals surface area contributed by atoms with E-state index in [9.17, 15) is 9.59 Å². The zero-order valence-corrected chi connectivity index (χ0v) is 22.1. The van der Waals surface area contributed by atoms with Gasteiger partial charge in [-0.3, -0.25) is 4.79 Å². The lowest BCUT2D eigenvalue weighted by Gasteiger charge is -2.23. The van der Waals surface area contributed by atoms with Gasteiger partial charge < -0.3 is 20.3 Å². The molecule has 0 spiro atoms. The molecule has 0 unspecified atom stereocenters. The molecule has 4 rings (SSSR count). The van der Waals surface area contributed by atoms with E-state index in [-0.39, 0.29) is 18.5 Å². The van der Waals surface area contributed by atoms with E-state index in [1.165, 1.54) is 4.90 Å². The molecule has 0 atom stereocenters. The van der Waals surface area contributed by atoms with E-state index in [1.807, 2.05) is 61.5 Å². The Hall–Kier alpha value is -4.30. The van der Waals surface area contributed by atoms with E-state index in [1.54, 1.807) is 42.1 Å². The number of nitrogens with zero attached hydrogens (tertiary/aromatic N) is 3. The third kappa shape index (κ3) is 6.52. The SMILES string of the molecule is CCCCN(CC(=O)Nc1cc(-c2ccccc2)nn1-c1ccccc1Cl)C(=O)Nc1ccccc1OC. The number of ether oxygens (including phenoxy) is 1. The first kappa shape index (κ1) is 26.8. The molecule has 3 aromatic carbocycles. The van der Waals surface area contributed by atoms with E-state index in [0.29, 0.717) is 40.2 Å². The van der Waals surface area contributed by atoms with Crippen LogP contribution in [0.15, 0.2) is 84.9 Å². The molecule has 0 radical (unpaired) electrons. The topological polar surface area (TPSA) is 88.5 Å². The molecule has 38 heavy (non-hydrogen) atoms. The summed E-state index contributed by atoms with van der Waals surface area (Å²) < 4.78 is 6.94. The summed E-state index contributed by atoms with van der Waals surface area (Å²) >= 11 is 6.46. The van der Waals surface area contributed by atoms with Gasteiger partial charge in [0.05, 0.1) is 29.2 Å². The zero-order valence-electron chi connectivity index (χ0n) is 21.4. The highest BCUT2D eigenvalue weighted by Crippen LogP contribution is 2.28. The molecule has 8 nitrogen and oxygen atoms in total. The highest BCUT2D eigenvalue weighted by molar-refractivity contribution is 6.32. The number of unbranched alkanes of at least 4 members (excludes halogenated alkanes) is 1. The normalized spacial score (nSPS) is 10.6. The number of para-hydroxylation sites is 3. The van der Waals surface area contributed by atoms with Gasteiger partial charge in [0.25, 0.3) is 0 Å². The number of hydrogen-bond donors (Lipinski definition) is 2. The zero-order chi connectivity index (χ0) is 26.9. The molecule has 196 valence electrons. The standard InChI is InChI=1S/C29H30ClN5O3/c1-3-4-18-34(29(37)31-23-15-9-11-17-26(23)38-2)20-28(36)32-27-19-24(21-12-6-5-7-13-21)33-35(27)25-16-10-8-14-22(25)30/h5-17,19H,3-4,18,20H2,1-2H3,(H,31,37)(H,32,36). The Balaban J connectivity index is 1.57. The van der Waals surface area contributed by atoms with Crippen LogP contribution < -0.4 is 15.4 Å². The monoisotopic (exact) mass is 531 g/mol. The summed E-state index contributed by atoms with van der Waals surface area (Å²) in [5.41, 5.74) is 2.74. The van der Waals surface area contributed by atoms with Gasteiger partial charge in [-0.2, -0.15) is 5.10 Å². The van der Waals surface area contributed by atoms with Gasteiger partial charge in [0.15, 0.2) is 0 Å². The summed E-state index contributed by atoms with van der Waals surface area (Å²) in [5.74, 6) is 0.629. The van der Waals surface area contributed by atoms with Gasteiger partial charge in [-0.25, -0.2) is 9.48 Å². The van der Waals surface area contributed by atoms with Gasteiger partial charge in [-0.15, -0.1) is 0 Å². The first-order valence-corrected chi connectivity index (χ1v) is 12.8. The molecule has 0 bridgehead atoms. The Morgan fingerprint density at radius 2 is 1.68 bits per heavy atom. The van der Waals surface area contributed by atoms with Crippen molar-refractivity contribution in [2.45, 2.75) is 19.8 Å². The number of hydrogen-bond acceptors (Lipinski definition) is 4. The molecule has 4 aromatic rings. The quantitative estimate of drug-likeness (QED) is 0.245. The number of anilines is 2. The Morgan fingerprint density at radius 3 is 2.42 bits per heavy atom. The van der Waals surface area contributed by atoms with E-state index in [0.717, 1.165) is 18.4 Å². The minimum Gasteiger partial charge on any atom is -0.495 e. The second-order valence-corrected chi connectivity index (χ2v) is 9.00. The molecule has 1 heterocycles. The van der Waals surface area contributed by atoms with Crippen LogP contribution in [0.2, 0.25) is 5.02 Å². The van der Waals surface area contributed by atoms with Crippen molar-refractivity contribution in [3.05, 3.63) is 90.0 Å². The van der Waals surface area contributed by atoms with Crippen molar-refractivity contribution >= 4 is 35.0 Å². The molecule has 2 N–H and O–H groups in total. The van der Waals surface area contributed by atoms with Crippen molar-refractivity contribution in [1.82, 2.24) is 14.7 Å². The van der Waals surface area contributed by atoms with Crippen molar-refractivity contribution in [2.24, 2.45) is 0 Å². The fourth-order valence-electron chi connectivity index (χ4n) is 3.93. The van der Waals surface area contributed by atoms with Gasteiger partial charge in [-0.05, 0) is 30.7 Å². The van der Waals surface area contributed by atoms with Gasteiger partial charge >= 0.3 is 6.03 Å². The van der Waals surface area contributed by atoms with Gasteiger partial charge in [0.1, 0.15) is 18.1 Å². The van der Waals surface area contributed by atoms with E-state index < -0.39 is 0 Å². The lowest BCUT2D eigenvalue weighted by Crippen LogP contribution is -2.41. The van der Waals surface area contributed by atoms with E-state index in [4.69, 9.17) is 21.4 Å². The maximum atomic E-state index is 13.2. The number of aromatic nitrogens is 2. The van der Waals surface area contributed by atoms with Crippen LogP contribution in [0, 0.1) is 0 Å². The van der Waals surface area contributed by atoms with Crippen LogP contribution in [0.25, 0.3) is 16.9 Å². The molecular formula is C29H30ClN5O3. The van der Waals surface area contributed by atoms with Crippen molar-refractivity contribution in [1.29, 1.82) is 0 Å². The summed E-state index contributed by atoms with van der Waals surface area (Å²) in [6.45, 7) is 2.31. The van der Waals surface area contributed by atoms with Gasteiger partial charge in [-0.1, -0.05) is 79.5 Å². The Labute approximate surface area is 227 Å². The minimum absolute atomic E-state index is 0.143. The molecule has 0 saturated heterocycles. The Bertz CT molecular complexity index is 1390. The van der Waals surface area contributed by atoms with Crippen molar-refractivity contribution in [3.63, 3.8) is 0 Å². The predicted molar refractivity (Wildman–Crippen MR) is 151 cm³/mol. The molecular weight excluding hydrogens is 502 g/mol. The third-order valence-corrected chi connectivity index (χ3v) is 6.20. The molecule has 0 aliphatic heterocycles. The van der Waals surface area contributed by atoms with Crippen LogP contribution in [-0.2, 0) is 4.79 Å². The van der Waals surface area contributed by atoms with Crippen LogP contribution in [-0.4, -0.2) is 46.8 Å². The molecule has 0 aliphatic carbocycles. The molecule has 0 aliphatic rings. The fourth-order valence-corrected chi connectivity index (χ4v) is 4.14. The maximum Gasteiger partial charge on any atom is 0.322 e. The number of carbonyl (C=O) groups excluding carboxylic acids is 2. The number of methoxy groups -OCH3 is 1. The molecule has 0 saturated carbocycles. The number of urea groups is 1. The summed E-state index contributed by atoms with van der Waals surface area (Å²) in [6, 6.07) is 25.5. The highest BCUT2D eigenvalue weighted by atomic mass is 35.5. The number of rotatable bonds is 10. The van der Waals surface area contributed by atoms with Crippen LogP contribution in [0.1, 0.15) is 19.8 Å². The maximum absolute atomic E-state index is 13.2. The van der Waals surface area contributed by atoms with Crippen molar-refractivity contribution in [2.75, 3.05) is 30.8 Å². The van der Waals surface area contributed by atoms with Crippen molar-refractivity contribution in [3.8, 4) is 22.7 Å². The number of benzene rings is 3. The van der Waals surface area contributed by atoms with Crippen LogP contribution in [0.5, 0.6) is 5.75 Å². The lowest BCUT2D eigenvalue weighted by molar-refractivity contribution is -0.116. The van der Waals surface area contributed by atoms with E-state index in [2.05, 4.69) is 10.6 Å². The number of nitrogens with one attached hydrogen (secondary N) is 2. The number of halogens is 1. The highest BCUT2D eigenvalue weighted by Gasteiger charge is 2.21. The van der Waals surface area contributed by atoms with Crippen LogP contribution in [0.4, 0.5) is 16.3 Å². The second-order valence-electron chi connectivity index (χ2n) is 8.60. The van der Waals surface area contributed by atoms with Crippen LogP contribution >= 0.6 is 11.6 Å². The Morgan fingerprint density at radius 1 is 0.974 bits per heavy atom. The first-order chi connectivity index (χ1) is 18.5. The van der Waals surface area contributed by atoms with Crippen molar-refractivity contribution < 1.29 is 14.3 Å². The second kappa shape index (κ2) is 12.8. The smallest absolute Gasteiger partial charge is 0.322 e. The largest absolute Gasteiger partial charge is 0.495 e. The number of amides is 3. The summed E-state index contributed by atoms with van der Waals surface area (Å²) in [7, 11) is 1.54. The van der Waals surface area contributed by atoms with Crippen LogP contribution in [0.3, 0.4) is 0 Å². The number of carbonyl (C=O) groups is 2. The third-order valence-electron chi connectivity index (χ3n) is 5.88. The van der Waals surface area contributed by atoms with Gasteiger partial charge in [0.2, 0.25) is 5.91 Å². The minimum atomic E-state index is -0.386. The predicted octanol–water partition coefficient (Wildman–Crippen LogP) is 6.47. The summed E-state index contributed by atoms with van der Waals surface area (Å²) in [5, 5.41) is 11.0. The summed E-state index contributed by atoms with van der Waals surface area (Å²) in [4.78, 5) is 27.9. The molecule has 3 amide bonds. The average molecular weight is 532 g/mol. The Kier molecular flexibility index (Phi) is 9.00. The molecule has 0 fully saturated rings. The average Bonchev–Trinajstić information content (AvgIpc) is 3.35. The van der Waals surface area contributed by atoms with E-state index >= 15 is 0 Å². The molecule has 1 aromatic heterocycles. The first-order valence-electron chi connectivity index (χ1n) is 12.4. The fraction of sp³-hybridized carbons (Fsp3) is 0.207. The van der Waals surface area contributed by atoms with Gasteiger partial charge in [0, 0.05) is 18.2 Å². The summed E-state index contributed by atoms with van der Waals surface area (Å²) in [6.07, 6.45) is 1.63.